The zero-order chi connectivity index (χ0) is 16.9. The molecule has 1 fully saturated rings. The molecule has 5 heteroatoms. The molecular weight excluding hydrogens is 318 g/mol. The minimum atomic E-state index is -0.169. The summed E-state index contributed by atoms with van der Waals surface area (Å²) in [6.45, 7) is 4.83. The van der Waals surface area contributed by atoms with Crippen LogP contribution < -0.4 is 4.90 Å². The first-order chi connectivity index (χ1) is 11.7. The van der Waals surface area contributed by atoms with Crippen LogP contribution in [0.5, 0.6) is 0 Å². The summed E-state index contributed by atoms with van der Waals surface area (Å²) in [5, 5.41) is 11.3. The molecule has 2 aromatic rings. The van der Waals surface area contributed by atoms with E-state index in [1.54, 1.807) is 22.3 Å². The van der Waals surface area contributed by atoms with Gasteiger partial charge in [0.25, 0.3) is 5.91 Å². The Morgan fingerprint density at radius 3 is 2.46 bits per heavy atom. The van der Waals surface area contributed by atoms with Crippen LogP contribution in [0, 0.1) is 18.3 Å². The van der Waals surface area contributed by atoms with E-state index < -0.39 is 0 Å². The van der Waals surface area contributed by atoms with Crippen molar-refractivity contribution >= 4 is 29.0 Å². The van der Waals surface area contributed by atoms with Crippen molar-refractivity contribution in [1.29, 1.82) is 5.26 Å². The van der Waals surface area contributed by atoms with E-state index in [-0.39, 0.29) is 11.5 Å². The number of carbonyl (C=O) groups excluding carboxylic acids is 1. The van der Waals surface area contributed by atoms with Crippen LogP contribution >= 0.6 is 11.3 Å². The van der Waals surface area contributed by atoms with Crippen LogP contribution in [0.25, 0.3) is 6.08 Å². The largest absolute Gasteiger partial charge is 0.368 e. The van der Waals surface area contributed by atoms with Crippen molar-refractivity contribution in [2.24, 2.45) is 0 Å². The Labute approximate surface area is 146 Å². The fourth-order valence-corrected chi connectivity index (χ4v) is 3.64. The van der Waals surface area contributed by atoms with E-state index in [2.05, 4.69) is 23.1 Å². The summed E-state index contributed by atoms with van der Waals surface area (Å²) in [7, 11) is 0. The molecule has 0 radical (unpaired) electrons. The maximum absolute atomic E-state index is 12.6. The molecule has 0 atom stereocenters. The van der Waals surface area contributed by atoms with Crippen molar-refractivity contribution < 1.29 is 4.79 Å². The van der Waals surface area contributed by atoms with Crippen LogP contribution in [0.15, 0.2) is 47.4 Å². The summed E-state index contributed by atoms with van der Waals surface area (Å²) in [5.74, 6) is -0.169. The first-order valence-electron chi connectivity index (χ1n) is 7.94. The third kappa shape index (κ3) is 3.50. The highest BCUT2D eigenvalue weighted by Crippen LogP contribution is 2.21. The van der Waals surface area contributed by atoms with Gasteiger partial charge in [-0.15, -0.1) is 11.3 Å². The van der Waals surface area contributed by atoms with E-state index >= 15 is 0 Å². The monoisotopic (exact) mass is 337 g/mol. The van der Waals surface area contributed by atoms with Crippen LogP contribution in [-0.4, -0.2) is 37.0 Å². The number of rotatable bonds is 3. The smallest absolute Gasteiger partial charge is 0.264 e. The van der Waals surface area contributed by atoms with Crippen molar-refractivity contribution in [2.45, 2.75) is 6.92 Å². The van der Waals surface area contributed by atoms with Gasteiger partial charge in [0, 0.05) is 36.7 Å². The standard InChI is InChI=1S/C19H19N3OS/c1-15-7-12-24-18(15)13-16(14-20)19(23)22-10-8-21(9-11-22)17-5-3-2-4-6-17/h2-7,12-13H,8-11H2,1H3/b16-13-. The zero-order valence-electron chi connectivity index (χ0n) is 13.6. The molecular formula is C19H19N3OS. The average Bonchev–Trinajstić information content (AvgIpc) is 3.04. The van der Waals surface area contributed by atoms with Gasteiger partial charge in [-0.2, -0.15) is 5.26 Å². The SMILES string of the molecule is Cc1ccsc1/C=C(/C#N)C(=O)N1CCN(c2ccccc2)CC1. The van der Waals surface area contributed by atoms with Crippen molar-refractivity contribution in [3.05, 3.63) is 57.8 Å². The Hall–Kier alpha value is -2.58. The first-order valence-corrected chi connectivity index (χ1v) is 8.82. The number of para-hydroxylation sites is 1. The van der Waals surface area contributed by atoms with E-state index in [1.807, 2.05) is 36.6 Å². The predicted octanol–water partition coefficient (Wildman–Crippen LogP) is 3.31. The van der Waals surface area contributed by atoms with E-state index in [0.29, 0.717) is 13.1 Å². The molecule has 1 amide bonds. The molecule has 0 unspecified atom stereocenters. The highest BCUT2D eigenvalue weighted by molar-refractivity contribution is 7.11. The van der Waals surface area contributed by atoms with Crippen LogP contribution in [0.1, 0.15) is 10.4 Å². The summed E-state index contributed by atoms with van der Waals surface area (Å²) in [6, 6.07) is 14.3. The summed E-state index contributed by atoms with van der Waals surface area (Å²) >= 11 is 1.55. The molecule has 122 valence electrons. The highest BCUT2D eigenvalue weighted by Gasteiger charge is 2.24. The van der Waals surface area contributed by atoms with Crippen molar-refractivity contribution in [3.63, 3.8) is 0 Å². The van der Waals surface area contributed by atoms with Gasteiger partial charge in [-0.1, -0.05) is 18.2 Å². The minimum Gasteiger partial charge on any atom is -0.368 e. The van der Waals surface area contributed by atoms with Crippen LogP contribution in [0.2, 0.25) is 0 Å². The topological polar surface area (TPSA) is 47.3 Å². The van der Waals surface area contributed by atoms with Crippen molar-refractivity contribution in [3.8, 4) is 6.07 Å². The first kappa shape index (κ1) is 16.3. The average molecular weight is 337 g/mol. The number of piperazine rings is 1. The predicted molar refractivity (Wildman–Crippen MR) is 97.9 cm³/mol. The lowest BCUT2D eigenvalue weighted by molar-refractivity contribution is -0.126. The van der Waals surface area contributed by atoms with Gasteiger partial charge in [-0.3, -0.25) is 4.79 Å². The van der Waals surface area contributed by atoms with Gasteiger partial charge in [0.1, 0.15) is 11.6 Å². The Kier molecular flexibility index (Phi) is 4.97. The van der Waals surface area contributed by atoms with E-state index in [1.165, 1.54) is 5.69 Å². The van der Waals surface area contributed by atoms with E-state index in [9.17, 15) is 10.1 Å². The molecule has 1 saturated heterocycles. The van der Waals surface area contributed by atoms with Crippen molar-refractivity contribution in [1.82, 2.24) is 4.90 Å². The number of aryl methyl sites for hydroxylation is 1. The highest BCUT2D eigenvalue weighted by atomic mass is 32.1. The number of thiophene rings is 1. The lowest BCUT2D eigenvalue weighted by Gasteiger charge is -2.36. The maximum Gasteiger partial charge on any atom is 0.264 e. The third-order valence-corrected chi connectivity index (χ3v) is 5.18. The molecule has 1 aromatic carbocycles. The van der Waals surface area contributed by atoms with Crippen LogP contribution in [0.4, 0.5) is 5.69 Å². The van der Waals surface area contributed by atoms with Gasteiger partial charge < -0.3 is 9.80 Å². The maximum atomic E-state index is 12.6. The quantitative estimate of drug-likeness (QED) is 0.638. The van der Waals surface area contributed by atoms with Gasteiger partial charge in [0.15, 0.2) is 0 Å². The fraction of sp³-hybridized carbons (Fsp3) is 0.263. The van der Waals surface area contributed by atoms with E-state index in [4.69, 9.17) is 0 Å². The summed E-state index contributed by atoms with van der Waals surface area (Å²) < 4.78 is 0. The second-order valence-corrected chi connectivity index (χ2v) is 6.70. The summed E-state index contributed by atoms with van der Waals surface area (Å²) in [6.07, 6.45) is 1.71. The molecule has 0 N–H and O–H groups in total. The lowest BCUT2D eigenvalue weighted by atomic mass is 10.1. The number of nitrogens with zero attached hydrogens (tertiary/aromatic N) is 3. The molecule has 1 aromatic heterocycles. The fourth-order valence-electron chi connectivity index (χ4n) is 2.78. The molecule has 3 rings (SSSR count). The third-order valence-electron chi connectivity index (χ3n) is 4.22. The van der Waals surface area contributed by atoms with E-state index in [0.717, 1.165) is 23.5 Å². The Bertz CT molecular complexity index is 780. The van der Waals surface area contributed by atoms with Gasteiger partial charge in [-0.25, -0.2) is 0 Å². The molecule has 0 saturated carbocycles. The van der Waals surface area contributed by atoms with Crippen LogP contribution in [0.3, 0.4) is 0 Å². The Balaban J connectivity index is 1.67. The molecule has 24 heavy (non-hydrogen) atoms. The number of nitriles is 1. The lowest BCUT2D eigenvalue weighted by Crippen LogP contribution is -2.49. The number of benzene rings is 1. The summed E-state index contributed by atoms with van der Waals surface area (Å²) in [4.78, 5) is 17.6. The number of carbonyl (C=O) groups is 1. The molecule has 0 bridgehead atoms. The molecule has 1 aliphatic heterocycles. The number of hydrogen-bond donors (Lipinski definition) is 0. The van der Waals surface area contributed by atoms with Gasteiger partial charge in [0.05, 0.1) is 0 Å². The molecule has 4 nitrogen and oxygen atoms in total. The molecule has 1 aliphatic rings. The molecule has 0 spiro atoms. The molecule has 2 heterocycles. The molecule has 0 aliphatic carbocycles. The summed E-state index contributed by atoms with van der Waals surface area (Å²) in [5.41, 5.74) is 2.48. The minimum absolute atomic E-state index is 0.169. The Morgan fingerprint density at radius 1 is 1.17 bits per heavy atom. The second-order valence-electron chi connectivity index (χ2n) is 5.75. The van der Waals surface area contributed by atoms with Gasteiger partial charge >= 0.3 is 0 Å². The van der Waals surface area contributed by atoms with Crippen LogP contribution in [-0.2, 0) is 4.79 Å². The number of amides is 1. The van der Waals surface area contributed by atoms with Crippen molar-refractivity contribution in [2.75, 3.05) is 31.1 Å². The second kappa shape index (κ2) is 7.33. The number of anilines is 1. The zero-order valence-corrected chi connectivity index (χ0v) is 14.4. The van der Waals surface area contributed by atoms with Gasteiger partial charge in [0.2, 0.25) is 0 Å². The Morgan fingerprint density at radius 2 is 1.88 bits per heavy atom. The normalized spacial score (nSPS) is 15.2. The number of hydrogen-bond acceptors (Lipinski definition) is 4. The van der Waals surface area contributed by atoms with Gasteiger partial charge in [-0.05, 0) is 42.1 Å².